The third kappa shape index (κ3) is 3.11. The summed E-state index contributed by atoms with van der Waals surface area (Å²) in [4.78, 5) is 0. The molecule has 2 atom stereocenters. The van der Waals surface area contributed by atoms with Crippen molar-refractivity contribution in [2.45, 2.75) is 37.8 Å². The average molecular weight is 323 g/mol. The highest BCUT2D eigenvalue weighted by atomic mass is 19.4. The number of nitriles is 1. The standard InChI is InChI=1S/C13H11F6N3/c1-7-4-11(13(17,18)19)22(21-7)9-3-2-8(6-20)10(5-9)12(14,15)16/h2-3,5,7,11,21H,4H2,1H3/t7-,11?/m0/s1. The molecule has 0 bridgehead atoms. The molecule has 1 unspecified atom stereocenters. The number of halogens is 6. The molecule has 22 heavy (non-hydrogen) atoms. The molecular weight excluding hydrogens is 312 g/mol. The van der Waals surface area contributed by atoms with E-state index < -0.39 is 35.6 Å². The molecule has 0 saturated carbocycles. The lowest BCUT2D eigenvalue weighted by molar-refractivity contribution is -0.146. The molecule has 1 heterocycles. The predicted octanol–water partition coefficient (Wildman–Crippen LogP) is 3.61. The maximum absolute atomic E-state index is 13.0. The van der Waals surface area contributed by atoms with Gasteiger partial charge in [-0.25, -0.2) is 5.43 Å². The summed E-state index contributed by atoms with van der Waals surface area (Å²) in [6, 6.07) is 1.43. The fourth-order valence-electron chi connectivity index (χ4n) is 2.37. The molecule has 9 heteroatoms. The summed E-state index contributed by atoms with van der Waals surface area (Å²) in [5, 5.41) is 9.38. The zero-order chi connectivity index (χ0) is 16.7. The third-order valence-corrected chi connectivity index (χ3v) is 3.33. The van der Waals surface area contributed by atoms with Gasteiger partial charge >= 0.3 is 12.4 Å². The smallest absolute Gasteiger partial charge is 0.296 e. The first-order valence-electron chi connectivity index (χ1n) is 6.27. The molecule has 1 aliphatic rings. The second-order valence-electron chi connectivity index (χ2n) is 5.03. The Morgan fingerprint density at radius 2 is 1.86 bits per heavy atom. The van der Waals surface area contributed by atoms with Gasteiger partial charge in [-0.3, -0.25) is 5.01 Å². The van der Waals surface area contributed by atoms with Gasteiger partial charge in [0, 0.05) is 6.04 Å². The quantitative estimate of drug-likeness (QED) is 0.803. The Balaban J connectivity index is 2.47. The molecule has 1 aromatic rings. The van der Waals surface area contributed by atoms with Crippen LogP contribution in [0.25, 0.3) is 0 Å². The number of hydrogen-bond acceptors (Lipinski definition) is 3. The molecule has 0 aliphatic carbocycles. The number of nitrogens with one attached hydrogen (secondary N) is 1. The van der Waals surface area contributed by atoms with Gasteiger partial charge in [-0.05, 0) is 31.5 Å². The number of hydrogen-bond donors (Lipinski definition) is 1. The summed E-state index contributed by atoms with van der Waals surface area (Å²) in [7, 11) is 0. The normalized spacial score (nSPS) is 22.7. The number of anilines is 1. The van der Waals surface area contributed by atoms with Crippen LogP contribution in [0.3, 0.4) is 0 Å². The van der Waals surface area contributed by atoms with Gasteiger partial charge in [-0.2, -0.15) is 31.6 Å². The van der Waals surface area contributed by atoms with E-state index in [4.69, 9.17) is 5.26 Å². The van der Waals surface area contributed by atoms with Gasteiger partial charge in [0.25, 0.3) is 0 Å². The number of rotatable bonds is 1. The number of nitrogens with zero attached hydrogens (tertiary/aromatic N) is 2. The van der Waals surface area contributed by atoms with Crippen LogP contribution in [0, 0.1) is 11.3 Å². The second-order valence-corrected chi connectivity index (χ2v) is 5.03. The van der Waals surface area contributed by atoms with E-state index in [1.165, 1.54) is 13.0 Å². The molecule has 0 radical (unpaired) electrons. The maximum atomic E-state index is 13.0. The van der Waals surface area contributed by atoms with Gasteiger partial charge in [0.2, 0.25) is 0 Å². The summed E-state index contributed by atoms with van der Waals surface area (Å²) in [5.74, 6) is 0. The predicted molar refractivity (Wildman–Crippen MR) is 65.7 cm³/mol. The largest absolute Gasteiger partial charge is 0.417 e. The first kappa shape index (κ1) is 16.4. The maximum Gasteiger partial charge on any atom is 0.417 e. The zero-order valence-corrected chi connectivity index (χ0v) is 11.3. The van der Waals surface area contributed by atoms with Crippen LogP contribution in [-0.2, 0) is 6.18 Å². The van der Waals surface area contributed by atoms with E-state index in [1.807, 2.05) is 0 Å². The van der Waals surface area contributed by atoms with Crippen LogP contribution < -0.4 is 10.4 Å². The Morgan fingerprint density at radius 3 is 2.36 bits per heavy atom. The minimum atomic E-state index is -4.82. The van der Waals surface area contributed by atoms with E-state index in [-0.39, 0.29) is 12.1 Å². The minimum Gasteiger partial charge on any atom is -0.296 e. The molecule has 0 amide bonds. The summed E-state index contributed by atoms with van der Waals surface area (Å²) < 4.78 is 77.7. The Hall–Kier alpha value is -1.95. The van der Waals surface area contributed by atoms with E-state index in [1.54, 1.807) is 0 Å². The fourth-order valence-corrected chi connectivity index (χ4v) is 2.37. The Kier molecular flexibility index (Phi) is 4.00. The van der Waals surface area contributed by atoms with Crippen LogP contribution in [0.15, 0.2) is 18.2 Å². The minimum absolute atomic E-state index is 0.273. The van der Waals surface area contributed by atoms with Crippen LogP contribution >= 0.6 is 0 Å². The summed E-state index contributed by atoms with van der Waals surface area (Å²) in [5.41, 5.74) is 0.339. The highest BCUT2D eigenvalue weighted by Gasteiger charge is 2.49. The van der Waals surface area contributed by atoms with Crippen LogP contribution in [0.1, 0.15) is 24.5 Å². The van der Waals surface area contributed by atoms with Gasteiger partial charge in [0.05, 0.1) is 22.9 Å². The van der Waals surface area contributed by atoms with Gasteiger partial charge in [-0.15, -0.1) is 0 Å². The van der Waals surface area contributed by atoms with E-state index in [2.05, 4.69) is 5.43 Å². The van der Waals surface area contributed by atoms with Crippen molar-refractivity contribution in [2.24, 2.45) is 0 Å². The average Bonchev–Trinajstić information content (AvgIpc) is 2.79. The lowest BCUT2D eigenvalue weighted by Gasteiger charge is -2.28. The Morgan fingerprint density at radius 1 is 1.23 bits per heavy atom. The van der Waals surface area contributed by atoms with Crippen molar-refractivity contribution < 1.29 is 26.3 Å². The lowest BCUT2D eigenvalue weighted by atomic mass is 10.1. The van der Waals surface area contributed by atoms with E-state index in [0.29, 0.717) is 11.1 Å². The molecule has 1 aliphatic heterocycles. The molecule has 3 nitrogen and oxygen atoms in total. The zero-order valence-electron chi connectivity index (χ0n) is 11.3. The lowest BCUT2D eigenvalue weighted by Crippen LogP contribution is -2.46. The molecule has 2 rings (SSSR count). The summed E-state index contributed by atoms with van der Waals surface area (Å²) in [6.45, 7) is 1.51. The molecule has 120 valence electrons. The van der Waals surface area contributed by atoms with Gasteiger partial charge in [0.1, 0.15) is 6.04 Å². The van der Waals surface area contributed by atoms with Gasteiger partial charge < -0.3 is 0 Å². The second kappa shape index (κ2) is 5.35. The van der Waals surface area contributed by atoms with E-state index >= 15 is 0 Å². The van der Waals surface area contributed by atoms with Crippen LogP contribution in [0.5, 0.6) is 0 Å². The first-order chi connectivity index (χ1) is 10.0. The number of hydrazine groups is 1. The molecule has 1 N–H and O–H groups in total. The number of benzene rings is 1. The highest BCUT2D eigenvalue weighted by molar-refractivity contribution is 5.55. The van der Waals surface area contributed by atoms with Crippen molar-refractivity contribution in [3.8, 4) is 6.07 Å². The molecule has 1 saturated heterocycles. The van der Waals surface area contributed by atoms with Crippen LogP contribution in [-0.4, -0.2) is 18.3 Å². The van der Waals surface area contributed by atoms with Crippen molar-refractivity contribution in [3.05, 3.63) is 29.3 Å². The van der Waals surface area contributed by atoms with E-state index in [0.717, 1.165) is 12.1 Å². The molecule has 1 aromatic carbocycles. The third-order valence-electron chi connectivity index (χ3n) is 3.33. The Labute approximate surface area is 122 Å². The molecule has 0 aromatic heterocycles. The van der Waals surface area contributed by atoms with Crippen molar-refractivity contribution in [3.63, 3.8) is 0 Å². The van der Waals surface area contributed by atoms with E-state index in [9.17, 15) is 26.3 Å². The van der Waals surface area contributed by atoms with Crippen LogP contribution in [0.2, 0.25) is 0 Å². The Bertz CT molecular complexity index is 601. The highest BCUT2D eigenvalue weighted by Crippen LogP contribution is 2.38. The van der Waals surface area contributed by atoms with Gasteiger partial charge in [0.15, 0.2) is 0 Å². The topological polar surface area (TPSA) is 39.1 Å². The summed E-state index contributed by atoms with van der Waals surface area (Å²) in [6.07, 6.45) is -9.67. The molecule has 0 spiro atoms. The SMILES string of the molecule is C[C@H]1CC(C(F)(F)F)N(c2ccc(C#N)c(C(F)(F)F)c2)N1. The first-order valence-corrected chi connectivity index (χ1v) is 6.27. The van der Waals surface area contributed by atoms with Gasteiger partial charge in [-0.1, -0.05) is 0 Å². The van der Waals surface area contributed by atoms with Crippen molar-refractivity contribution >= 4 is 5.69 Å². The van der Waals surface area contributed by atoms with Crippen molar-refractivity contribution in [2.75, 3.05) is 5.01 Å². The van der Waals surface area contributed by atoms with Crippen molar-refractivity contribution in [1.82, 2.24) is 5.43 Å². The summed E-state index contributed by atoms with van der Waals surface area (Å²) >= 11 is 0. The van der Waals surface area contributed by atoms with Crippen molar-refractivity contribution in [1.29, 1.82) is 5.26 Å². The molecule has 1 fully saturated rings. The number of alkyl halides is 6. The van der Waals surface area contributed by atoms with Crippen LogP contribution in [0.4, 0.5) is 32.0 Å². The monoisotopic (exact) mass is 323 g/mol. The molecular formula is C13H11F6N3. The fraction of sp³-hybridized carbons (Fsp3) is 0.462.